The number of nitrogens with zero attached hydrogens (tertiary/aromatic N) is 2. The quantitative estimate of drug-likeness (QED) is 0.0829. The fraction of sp³-hybridized carbons (Fsp3) is 0. The molecule has 0 amide bonds. The summed E-state index contributed by atoms with van der Waals surface area (Å²) in [5.74, 6) is -0.572. The van der Waals surface area contributed by atoms with Crippen LogP contribution in [0.2, 0.25) is 0 Å². The van der Waals surface area contributed by atoms with Crippen LogP contribution >= 0.6 is 25.3 Å². The van der Waals surface area contributed by atoms with Gasteiger partial charge in [0.05, 0.1) is 22.5 Å². The molecule has 42 heavy (non-hydrogen) atoms. The van der Waals surface area contributed by atoms with Gasteiger partial charge in [-0.15, -0.1) is 25.3 Å². The van der Waals surface area contributed by atoms with Crippen molar-refractivity contribution in [2.75, 3.05) is 0 Å². The van der Waals surface area contributed by atoms with Crippen molar-refractivity contribution in [1.29, 1.82) is 0 Å². The molecule has 0 saturated heterocycles. The second-order valence-electron chi connectivity index (χ2n) is 9.05. The van der Waals surface area contributed by atoms with Gasteiger partial charge in [0, 0.05) is 28.3 Å². The van der Waals surface area contributed by atoms with E-state index < -0.39 is 11.9 Å². The molecular formula is C34H24N2O4S2. The van der Waals surface area contributed by atoms with Crippen molar-refractivity contribution in [1.82, 2.24) is 0 Å². The second kappa shape index (κ2) is 13.6. The summed E-state index contributed by atoms with van der Waals surface area (Å²) < 4.78 is 11.0. The molecule has 5 rings (SSSR count). The van der Waals surface area contributed by atoms with Crippen LogP contribution in [0, 0.1) is 0 Å². The number of aliphatic imine (C=N–C) groups is 2. The number of hydrogen-bond acceptors (Lipinski definition) is 8. The van der Waals surface area contributed by atoms with Crippen molar-refractivity contribution in [3.63, 3.8) is 0 Å². The largest absolute Gasteiger partial charge is 0.423 e. The standard InChI is InChI=1S/C34H24N2O4S2/c37-33(25-8-4-23(5-9-25)21-35-27-12-16-31(41)17-13-27)39-29-2-1-3-30(20-29)40-34(38)26-10-6-24(7-11-26)22-36-28-14-18-32(42)19-15-28/h1-22,41-42H. The maximum absolute atomic E-state index is 12.7. The van der Waals surface area contributed by atoms with Crippen LogP contribution < -0.4 is 9.47 Å². The Hall–Kier alpha value is -4.92. The monoisotopic (exact) mass is 588 g/mol. The van der Waals surface area contributed by atoms with Crippen molar-refractivity contribution < 1.29 is 19.1 Å². The van der Waals surface area contributed by atoms with Gasteiger partial charge in [0.2, 0.25) is 0 Å². The fourth-order valence-electron chi connectivity index (χ4n) is 3.72. The average molecular weight is 589 g/mol. The van der Waals surface area contributed by atoms with Gasteiger partial charge in [-0.05, 0) is 96.1 Å². The molecule has 0 N–H and O–H groups in total. The van der Waals surface area contributed by atoms with Gasteiger partial charge in [0.25, 0.3) is 0 Å². The Morgan fingerprint density at radius 1 is 0.524 bits per heavy atom. The van der Waals surface area contributed by atoms with E-state index in [-0.39, 0.29) is 11.5 Å². The first-order chi connectivity index (χ1) is 20.4. The Balaban J connectivity index is 1.16. The number of benzene rings is 5. The zero-order chi connectivity index (χ0) is 29.3. The summed E-state index contributed by atoms with van der Waals surface area (Å²) in [6, 6.07) is 35.1. The molecule has 5 aromatic carbocycles. The van der Waals surface area contributed by atoms with Crippen LogP contribution in [-0.2, 0) is 0 Å². The van der Waals surface area contributed by atoms with Crippen LogP contribution in [0.1, 0.15) is 31.8 Å². The topological polar surface area (TPSA) is 77.3 Å². The van der Waals surface area contributed by atoms with E-state index in [1.807, 2.05) is 48.5 Å². The molecule has 0 aliphatic rings. The first kappa shape index (κ1) is 28.6. The number of carbonyl (C=O) groups is 2. The molecule has 0 unspecified atom stereocenters. The minimum atomic E-state index is -0.537. The average Bonchev–Trinajstić information content (AvgIpc) is 3.01. The second-order valence-corrected chi connectivity index (χ2v) is 10.1. The van der Waals surface area contributed by atoms with Crippen molar-refractivity contribution in [3.05, 3.63) is 144 Å². The van der Waals surface area contributed by atoms with Crippen LogP contribution in [0.4, 0.5) is 11.4 Å². The highest BCUT2D eigenvalue weighted by Crippen LogP contribution is 2.22. The Bertz CT molecular complexity index is 1620. The van der Waals surface area contributed by atoms with Gasteiger partial charge < -0.3 is 9.47 Å². The van der Waals surface area contributed by atoms with E-state index in [0.29, 0.717) is 11.1 Å². The first-order valence-electron chi connectivity index (χ1n) is 12.8. The van der Waals surface area contributed by atoms with Crippen molar-refractivity contribution >= 4 is 61.0 Å². The van der Waals surface area contributed by atoms with E-state index >= 15 is 0 Å². The summed E-state index contributed by atoms with van der Waals surface area (Å²) in [6.07, 6.45) is 3.43. The maximum atomic E-state index is 12.7. The maximum Gasteiger partial charge on any atom is 0.343 e. The molecule has 0 bridgehead atoms. The van der Waals surface area contributed by atoms with Crippen LogP contribution in [0.5, 0.6) is 11.5 Å². The summed E-state index contributed by atoms with van der Waals surface area (Å²) in [7, 11) is 0. The number of hydrogen-bond donors (Lipinski definition) is 2. The third kappa shape index (κ3) is 8.06. The Kier molecular flexibility index (Phi) is 9.28. The Labute approximate surface area is 254 Å². The highest BCUT2D eigenvalue weighted by molar-refractivity contribution is 7.80. The normalized spacial score (nSPS) is 11.1. The van der Waals surface area contributed by atoms with Gasteiger partial charge in [-0.2, -0.15) is 0 Å². The van der Waals surface area contributed by atoms with E-state index in [9.17, 15) is 9.59 Å². The number of rotatable bonds is 8. The van der Waals surface area contributed by atoms with Crippen molar-refractivity contribution in [2.45, 2.75) is 9.79 Å². The zero-order valence-corrected chi connectivity index (χ0v) is 23.9. The molecule has 0 aliphatic carbocycles. The molecule has 8 heteroatoms. The van der Waals surface area contributed by atoms with Crippen LogP contribution in [0.3, 0.4) is 0 Å². The van der Waals surface area contributed by atoms with Gasteiger partial charge in [-0.3, -0.25) is 9.98 Å². The summed E-state index contributed by atoms with van der Waals surface area (Å²) in [4.78, 5) is 36.0. The van der Waals surface area contributed by atoms with Crippen molar-refractivity contribution in [3.8, 4) is 11.5 Å². The molecule has 0 aliphatic heterocycles. The predicted molar refractivity (Wildman–Crippen MR) is 171 cm³/mol. The van der Waals surface area contributed by atoms with Gasteiger partial charge >= 0.3 is 11.9 Å². The smallest absolute Gasteiger partial charge is 0.343 e. The molecule has 0 spiro atoms. The number of thiol groups is 2. The van der Waals surface area contributed by atoms with Crippen molar-refractivity contribution in [2.24, 2.45) is 9.98 Å². The summed E-state index contributed by atoms with van der Waals surface area (Å²) in [5, 5.41) is 0. The predicted octanol–water partition coefficient (Wildman–Crippen LogP) is 8.20. The highest BCUT2D eigenvalue weighted by Gasteiger charge is 2.12. The minimum absolute atomic E-state index is 0.251. The highest BCUT2D eigenvalue weighted by atomic mass is 32.1. The lowest BCUT2D eigenvalue weighted by atomic mass is 10.1. The van der Waals surface area contributed by atoms with E-state index in [4.69, 9.17) is 9.47 Å². The molecule has 206 valence electrons. The molecule has 6 nitrogen and oxygen atoms in total. The Morgan fingerprint density at radius 2 is 0.905 bits per heavy atom. The molecule has 5 aromatic rings. The molecule has 0 atom stereocenters. The Morgan fingerprint density at radius 3 is 1.29 bits per heavy atom. The fourth-order valence-corrected chi connectivity index (χ4v) is 4.02. The first-order valence-corrected chi connectivity index (χ1v) is 13.7. The summed E-state index contributed by atoms with van der Waals surface area (Å²) >= 11 is 8.54. The third-order valence-electron chi connectivity index (χ3n) is 5.94. The molecule has 0 radical (unpaired) electrons. The van der Waals surface area contributed by atoms with E-state index in [1.165, 1.54) is 6.07 Å². The van der Waals surface area contributed by atoms with Gasteiger partial charge in [0.15, 0.2) is 0 Å². The zero-order valence-electron chi connectivity index (χ0n) is 22.1. The molecule has 0 saturated carbocycles. The van der Waals surface area contributed by atoms with Gasteiger partial charge in [0.1, 0.15) is 11.5 Å². The lowest BCUT2D eigenvalue weighted by molar-refractivity contribution is 0.0733. The van der Waals surface area contributed by atoms with Crippen LogP contribution in [0.15, 0.2) is 141 Å². The number of ether oxygens (including phenoxy) is 2. The summed E-state index contributed by atoms with van der Waals surface area (Å²) in [5.41, 5.74) is 4.01. The lowest BCUT2D eigenvalue weighted by Crippen LogP contribution is -2.10. The minimum Gasteiger partial charge on any atom is -0.423 e. The van der Waals surface area contributed by atoms with E-state index in [0.717, 1.165) is 32.3 Å². The molecular weight excluding hydrogens is 565 g/mol. The number of carbonyl (C=O) groups excluding carboxylic acids is 2. The lowest BCUT2D eigenvalue weighted by Gasteiger charge is -2.08. The molecule has 0 heterocycles. The van der Waals surface area contributed by atoms with Crippen LogP contribution in [-0.4, -0.2) is 24.4 Å². The molecule has 0 aromatic heterocycles. The number of esters is 2. The third-order valence-corrected chi connectivity index (χ3v) is 6.54. The summed E-state index contributed by atoms with van der Waals surface area (Å²) in [6.45, 7) is 0. The van der Waals surface area contributed by atoms with Crippen LogP contribution in [0.25, 0.3) is 0 Å². The van der Waals surface area contributed by atoms with E-state index in [2.05, 4.69) is 35.2 Å². The van der Waals surface area contributed by atoms with Gasteiger partial charge in [-0.25, -0.2) is 9.59 Å². The van der Waals surface area contributed by atoms with E-state index in [1.54, 1.807) is 79.2 Å². The SMILES string of the molecule is O=C(Oc1cccc(OC(=O)c2ccc(C=Nc3ccc(S)cc3)cc2)c1)c1ccc(C=Nc2ccc(S)cc2)cc1. The molecule has 0 fully saturated rings. The van der Waals surface area contributed by atoms with Gasteiger partial charge in [-0.1, -0.05) is 30.3 Å².